The molecule has 0 N–H and O–H groups in total. The normalized spacial score (nSPS) is 14.5. The lowest BCUT2D eigenvalue weighted by molar-refractivity contribution is -0.384. The third kappa shape index (κ3) is 5.61. The van der Waals surface area contributed by atoms with Gasteiger partial charge in [0, 0.05) is 50.3 Å². The van der Waals surface area contributed by atoms with Gasteiger partial charge < -0.3 is 4.90 Å². The molecule has 0 spiro atoms. The van der Waals surface area contributed by atoms with Gasteiger partial charge in [-0.25, -0.2) is 8.42 Å². The molecule has 3 rings (SSSR count). The number of nitro benzene ring substituents is 1. The molecule has 2 aromatic carbocycles. The number of non-ortho nitro benzene ring substituents is 1. The molecule has 0 atom stereocenters. The number of sulfonamides is 1. The quantitative estimate of drug-likeness (QED) is 0.437. The van der Waals surface area contributed by atoms with Gasteiger partial charge in [-0.2, -0.15) is 4.31 Å². The monoisotopic (exact) mass is 465 g/mol. The first kappa shape index (κ1) is 23.2. The van der Waals surface area contributed by atoms with E-state index in [0.29, 0.717) is 30.1 Å². The summed E-state index contributed by atoms with van der Waals surface area (Å²) in [5, 5.41) is 11.3. The Hall–Kier alpha value is -2.49. The third-order valence-electron chi connectivity index (χ3n) is 5.33. The maximum absolute atomic E-state index is 12.6. The second-order valence-corrected chi connectivity index (χ2v) is 9.88. The van der Waals surface area contributed by atoms with E-state index in [2.05, 4.69) is 0 Å². The summed E-state index contributed by atoms with van der Waals surface area (Å²) >= 11 is 6.11. The number of benzene rings is 2. The largest absolute Gasteiger partial charge is 0.341 e. The fourth-order valence-electron chi connectivity index (χ4n) is 3.49. The minimum absolute atomic E-state index is 0.0794. The molecule has 8 nitrogen and oxygen atoms in total. The number of hydrogen-bond donors (Lipinski definition) is 0. The lowest BCUT2D eigenvalue weighted by Gasteiger charge is -2.18. The second kappa shape index (κ2) is 9.76. The molecule has 10 heteroatoms. The number of rotatable bonds is 8. The number of aryl methyl sites for hydroxylation is 1. The summed E-state index contributed by atoms with van der Waals surface area (Å²) in [5.74, 6) is -0.142. The fourth-order valence-corrected chi connectivity index (χ4v) is 5.18. The molecule has 0 aliphatic carbocycles. The predicted octanol–water partition coefficient (Wildman–Crippen LogP) is 3.62. The number of amides is 1. The Kier molecular flexibility index (Phi) is 7.30. The Morgan fingerprint density at radius 1 is 1.16 bits per heavy atom. The van der Waals surface area contributed by atoms with Crippen molar-refractivity contribution < 1.29 is 18.1 Å². The van der Waals surface area contributed by atoms with Crippen LogP contribution in [-0.4, -0.2) is 48.6 Å². The first-order chi connectivity index (χ1) is 14.7. The maximum Gasteiger partial charge on any atom is 0.269 e. The van der Waals surface area contributed by atoms with Crippen molar-refractivity contribution in [1.82, 2.24) is 9.21 Å². The van der Waals surface area contributed by atoms with Crippen molar-refractivity contribution in [3.8, 4) is 0 Å². The minimum atomic E-state index is -3.45. The Morgan fingerprint density at radius 3 is 2.42 bits per heavy atom. The Balaban J connectivity index is 1.58. The average molecular weight is 466 g/mol. The van der Waals surface area contributed by atoms with Crippen molar-refractivity contribution in [1.29, 1.82) is 0 Å². The van der Waals surface area contributed by atoms with Crippen molar-refractivity contribution in [2.75, 3.05) is 20.1 Å². The van der Waals surface area contributed by atoms with E-state index in [1.54, 1.807) is 31.3 Å². The number of nitrogens with zero attached hydrogens (tertiary/aromatic N) is 3. The zero-order chi connectivity index (χ0) is 22.6. The standard InChI is InChI=1S/C21H24ClN3O5S/c1-23(15-17-14-18(25(27)28)7-10-20(17)22)21(26)11-6-16-4-8-19(9-5-16)31(29,30)24-12-2-3-13-24/h4-5,7-10,14H,2-3,6,11-13,15H2,1H3. The summed E-state index contributed by atoms with van der Waals surface area (Å²) < 4.78 is 26.7. The fraction of sp³-hybridized carbons (Fsp3) is 0.381. The lowest BCUT2D eigenvalue weighted by atomic mass is 10.1. The summed E-state index contributed by atoms with van der Waals surface area (Å²) in [4.78, 5) is 24.7. The number of nitro groups is 1. The van der Waals surface area contributed by atoms with Crippen molar-refractivity contribution in [2.45, 2.75) is 37.1 Å². The molecule has 1 aliphatic rings. The average Bonchev–Trinajstić information content (AvgIpc) is 3.29. The van der Waals surface area contributed by atoms with E-state index < -0.39 is 14.9 Å². The molecule has 1 saturated heterocycles. The van der Waals surface area contributed by atoms with Crippen molar-refractivity contribution in [2.24, 2.45) is 0 Å². The molecule has 1 amide bonds. The highest BCUT2D eigenvalue weighted by molar-refractivity contribution is 7.89. The number of halogens is 1. The van der Waals surface area contributed by atoms with Gasteiger partial charge in [0.25, 0.3) is 5.69 Å². The first-order valence-corrected chi connectivity index (χ1v) is 11.8. The van der Waals surface area contributed by atoms with Crippen LogP contribution < -0.4 is 0 Å². The number of carbonyl (C=O) groups excluding carboxylic acids is 1. The van der Waals surface area contributed by atoms with Crippen LogP contribution in [0.25, 0.3) is 0 Å². The number of hydrogen-bond acceptors (Lipinski definition) is 5. The van der Waals surface area contributed by atoms with E-state index in [-0.39, 0.29) is 29.5 Å². The summed E-state index contributed by atoms with van der Waals surface area (Å²) in [5.41, 5.74) is 1.28. The molecule has 31 heavy (non-hydrogen) atoms. The SMILES string of the molecule is CN(Cc1cc([N+](=O)[O-])ccc1Cl)C(=O)CCc1ccc(S(=O)(=O)N2CCCC2)cc1. The Morgan fingerprint density at radius 2 is 1.81 bits per heavy atom. The molecule has 2 aromatic rings. The molecular weight excluding hydrogens is 442 g/mol. The van der Waals surface area contributed by atoms with Crippen LogP contribution in [-0.2, 0) is 27.8 Å². The van der Waals surface area contributed by atoms with Crippen LogP contribution >= 0.6 is 11.6 Å². The van der Waals surface area contributed by atoms with E-state index in [0.717, 1.165) is 18.4 Å². The van der Waals surface area contributed by atoms with Gasteiger partial charge in [0.2, 0.25) is 15.9 Å². The molecule has 0 unspecified atom stereocenters. The van der Waals surface area contributed by atoms with E-state index in [1.807, 2.05) is 0 Å². The third-order valence-corrected chi connectivity index (χ3v) is 7.61. The van der Waals surface area contributed by atoms with Gasteiger partial charge >= 0.3 is 0 Å². The molecular formula is C21H24ClN3O5S. The highest BCUT2D eigenvalue weighted by Gasteiger charge is 2.26. The molecule has 166 valence electrons. The topological polar surface area (TPSA) is 101 Å². The minimum Gasteiger partial charge on any atom is -0.341 e. The van der Waals surface area contributed by atoms with Crippen molar-refractivity contribution >= 4 is 33.2 Å². The molecule has 0 aromatic heterocycles. The highest BCUT2D eigenvalue weighted by Crippen LogP contribution is 2.24. The van der Waals surface area contributed by atoms with Crippen molar-refractivity contribution in [3.05, 3.63) is 68.7 Å². The predicted molar refractivity (Wildman–Crippen MR) is 117 cm³/mol. The van der Waals surface area contributed by atoms with Crippen LogP contribution in [0.3, 0.4) is 0 Å². The summed E-state index contributed by atoms with van der Waals surface area (Å²) in [6.45, 7) is 1.27. The van der Waals surface area contributed by atoms with Crippen LogP contribution in [0.1, 0.15) is 30.4 Å². The zero-order valence-electron chi connectivity index (χ0n) is 17.2. The second-order valence-electron chi connectivity index (χ2n) is 7.54. The van der Waals surface area contributed by atoms with E-state index in [4.69, 9.17) is 11.6 Å². The van der Waals surface area contributed by atoms with Gasteiger partial charge in [0.1, 0.15) is 0 Å². The highest BCUT2D eigenvalue weighted by atomic mass is 35.5. The smallest absolute Gasteiger partial charge is 0.269 e. The van der Waals surface area contributed by atoms with Crippen LogP contribution in [0.15, 0.2) is 47.4 Å². The lowest BCUT2D eigenvalue weighted by Crippen LogP contribution is -2.27. The van der Waals surface area contributed by atoms with Crippen LogP contribution in [0.5, 0.6) is 0 Å². The summed E-state index contributed by atoms with van der Waals surface area (Å²) in [7, 11) is -1.84. The maximum atomic E-state index is 12.6. The van der Waals surface area contributed by atoms with Gasteiger partial charge in [-0.3, -0.25) is 14.9 Å². The van der Waals surface area contributed by atoms with Crippen LogP contribution in [0.4, 0.5) is 5.69 Å². The van der Waals surface area contributed by atoms with E-state index in [9.17, 15) is 23.3 Å². The Bertz CT molecular complexity index is 1070. The van der Waals surface area contributed by atoms with E-state index >= 15 is 0 Å². The zero-order valence-corrected chi connectivity index (χ0v) is 18.7. The molecule has 0 saturated carbocycles. The molecule has 0 radical (unpaired) electrons. The van der Waals surface area contributed by atoms with Crippen LogP contribution in [0, 0.1) is 10.1 Å². The molecule has 0 bridgehead atoms. The van der Waals surface area contributed by atoms with Gasteiger partial charge in [-0.1, -0.05) is 23.7 Å². The molecule has 1 aliphatic heterocycles. The Labute approximate surface area is 186 Å². The summed E-state index contributed by atoms with van der Waals surface area (Å²) in [6, 6.07) is 10.8. The van der Waals surface area contributed by atoms with Gasteiger partial charge in [-0.15, -0.1) is 0 Å². The number of carbonyl (C=O) groups is 1. The molecule has 1 fully saturated rings. The van der Waals surface area contributed by atoms with Crippen molar-refractivity contribution in [3.63, 3.8) is 0 Å². The van der Waals surface area contributed by atoms with E-state index in [1.165, 1.54) is 27.4 Å². The van der Waals surface area contributed by atoms with Gasteiger partial charge in [-0.05, 0) is 48.6 Å². The van der Waals surface area contributed by atoms with Gasteiger partial charge in [0.15, 0.2) is 0 Å². The van der Waals surface area contributed by atoms with Gasteiger partial charge in [0.05, 0.1) is 9.82 Å². The molecule has 1 heterocycles. The summed E-state index contributed by atoms with van der Waals surface area (Å²) in [6.07, 6.45) is 2.44. The first-order valence-electron chi connectivity index (χ1n) is 9.94. The van der Waals surface area contributed by atoms with Crippen LogP contribution in [0.2, 0.25) is 5.02 Å².